The third-order valence-corrected chi connectivity index (χ3v) is 17.6. The zero-order valence-corrected chi connectivity index (χ0v) is 47.2. The Morgan fingerprint density at radius 1 is 0.821 bits per heavy atom. The van der Waals surface area contributed by atoms with Gasteiger partial charge in [-0.25, -0.2) is 28.3 Å². The molecule has 1 aliphatic carbocycles. The number of benzene rings is 1. The van der Waals surface area contributed by atoms with E-state index in [-0.39, 0.29) is 67.7 Å². The van der Waals surface area contributed by atoms with Crippen molar-refractivity contribution in [1.82, 2.24) is 18.8 Å². The van der Waals surface area contributed by atoms with Crippen LogP contribution >= 0.6 is 0 Å². The molecule has 19 nitrogen and oxygen atoms in total. The van der Waals surface area contributed by atoms with Gasteiger partial charge in [-0.3, -0.25) is 19.2 Å². The van der Waals surface area contributed by atoms with E-state index >= 15 is 0 Å². The number of fused-ring (bicyclic) bond motifs is 15. The van der Waals surface area contributed by atoms with Crippen LogP contribution in [-0.2, 0) is 53.2 Å². The summed E-state index contributed by atoms with van der Waals surface area (Å²) in [6, 6.07) is 6.52. The molecule has 1 aromatic carbocycles. The summed E-state index contributed by atoms with van der Waals surface area (Å²) >= 11 is 0. The monoisotopic (exact) mass is 1090 g/mol. The lowest BCUT2D eigenvalue weighted by molar-refractivity contribution is -0.267. The molecule has 17 atom stereocenters. The number of nitrogens with zero attached hydrogens (tertiary/aromatic N) is 4. The fourth-order valence-corrected chi connectivity index (χ4v) is 12.7. The van der Waals surface area contributed by atoms with Crippen molar-refractivity contribution in [2.24, 2.45) is 35.5 Å². The summed E-state index contributed by atoms with van der Waals surface area (Å²) in [6.07, 6.45) is 6.50. The van der Waals surface area contributed by atoms with Gasteiger partial charge in [0.05, 0.1) is 36.1 Å². The maximum absolute atomic E-state index is 14.8. The molecule has 1 amide bonds. The van der Waals surface area contributed by atoms with Crippen LogP contribution in [0, 0.1) is 35.5 Å². The highest BCUT2D eigenvalue weighted by molar-refractivity contribution is 6.39. The van der Waals surface area contributed by atoms with E-state index in [2.05, 4.69) is 0 Å². The van der Waals surface area contributed by atoms with Gasteiger partial charge >= 0.3 is 17.3 Å². The van der Waals surface area contributed by atoms with E-state index in [1.54, 1.807) is 96.4 Å². The molecular formula is C59H84N4O15. The minimum Gasteiger partial charge on any atom is -0.460 e. The molecule has 1 saturated carbocycles. The second kappa shape index (κ2) is 25.5. The largest absolute Gasteiger partial charge is 0.460 e. The molecule has 19 heteroatoms. The molecule has 2 saturated heterocycles. The van der Waals surface area contributed by atoms with Crippen LogP contribution in [-0.4, -0.2) is 146 Å². The molecule has 2 unspecified atom stereocenters. The topological polar surface area (TPSA) is 244 Å². The predicted molar refractivity (Wildman–Crippen MR) is 288 cm³/mol. The summed E-state index contributed by atoms with van der Waals surface area (Å²) in [4.78, 5) is 103. The Balaban J connectivity index is 1.27. The predicted octanol–water partition coefficient (Wildman–Crippen LogP) is 5.32. The van der Waals surface area contributed by atoms with E-state index < -0.39 is 107 Å². The number of hydrogen-bond donors (Lipinski definition) is 3. The first-order chi connectivity index (χ1) is 37.0. The molecule has 6 heterocycles. The molecule has 2 aromatic rings. The Morgan fingerprint density at radius 2 is 1.54 bits per heavy atom. The van der Waals surface area contributed by atoms with Crippen molar-refractivity contribution < 1.29 is 63.0 Å². The van der Waals surface area contributed by atoms with Crippen molar-refractivity contribution in [3.8, 4) is 5.69 Å². The number of rotatable bonds is 7. The number of hydrogen-bond acceptors (Lipinski definition) is 15. The average Bonchev–Trinajstić information content (AvgIpc) is 3.72. The minimum absolute atomic E-state index is 0.00376. The summed E-state index contributed by atoms with van der Waals surface area (Å²) < 4.78 is 33.8. The van der Waals surface area contributed by atoms with Gasteiger partial charge in [0.2, 0.25) is 5.79 Å². The van der Waals surface area contributed by atoms with Gasteiger partial charge in [0.1, 0.15) is 35.7 Å². The number of carbonyl (C=O) groups is 5. The number of carbonyl (C=O) groups excluding carboxylic acids is 5. The standard InChI is InChI=1S/C59H84N4O15/c1-34-19-22-42-25-26-58(7,63-57(72)61(56(71)62(42)63)41-16-12-11-13-17-41)49(75-9)32-43-23-20-39(6)59(73,78-43)53(68)54(69)60-27-15-14-18-44(60)55(70)77-47(36(3)30-40-21-24-45(64)48(31-40)74-8)33-46(65)35(2)29-38(5)51(67)52(76-10)50(66)37(4)28-34/h11-13,16-17,19,22,25-26,29,34-37,39-40,42-45,47-49,51-52,64,67,73H,14-15,18,20-21,23-24,27-28,30-33H2,1-10H3/t34-,35-,36-,37-,39-,40+,42?,43+,44+,45-,47+,48-,49+,51-,52+,58?,59-/m1/s1. The number of aliphatic hydroxyl groups is 3. The average molecular weight is 1090 g/mol. The highest BCUT2D eigenvalue weighted by atomic mass is 16.6. The van der Waals surface area contributed by atoms with E-state index in [0.717, 1.165) is 9.47 Å². The van der Waals surface area contributed by atoms with E-state index in [1.807, 2.05) is 19.9 Å². The zero-order chi connectivity index (χ0) is 57.0. The fraction of sp³-hybridized carbons (Fsp3) is 0.678. The number of ether oxygens (including phenoxy) is 5. The van der Waals surface area contributed by atoms with E-state index in [1.165, 1.54) is 23.6 Å². The van der Waals surface area contributed by atoms with Crippen molar-refractivity contribution in [2.45, 2.75) is 192 Å². The molecule has 3 fully saturated rings. The lowest BCUT2D eigenvalue weighted by atomic mass is 9.78. The molecule has 78 heavy (non-hydrogen) atoms. The summed E-state index contributed by atoms with van der Waals surface area (Å²) in [5, 5.41) is 34.6. The molecule has 1 aromatic heterocycles. The number of Topliss-reactive ketones (excluding diaryl/α,β-unsaturated/α-hetero) is 3. The third-order valence-electron chi connectivity index (χ3n) is 17.6. The molecule has 0 spiro atoms. The van der Waals surface area contributed by atoms with Gasteiger partial charge in [-0.05, 0) is 114 Å². The summed E-state index contributed by atoms with van der Waals surface area (Å²) in [7, 11) is 4.35. The Bertz CT molecular complexity index is 2690. The van der Waals surface area contributed by atoms with Crippen molar-refractivity contribution in [3.05, 3.63) is 87.3 Å². The Morgan fingerprint density at radius 3 is 2.22 bits per heavy atom. The van der Waals surface area contributed by atoms with Crippen LogP contribution in [0.5, 0.6) is 0 Å². The number of ketones is 3. The number of piperidine rings is 1. The highest BCUT2D eigenvalue weighted by Gasteiger charge is 2.54. The van der Waals surface area contributed by atoms with Gasteiger partial charge in [0, 0.05) is 58.5 Å². The number of para-hydroxylation sites is 1. The first-order valence-corrected chi connectivity index (χ1v) is 28.0. The molecular weight excluding hydrogens is 1000 g/mol. The maximum atomic E-state index is 14.8. The maximum Gasteiger partial charge on any atom is 0.352 e. The van der Waals surface area contributed by atoms with Crippen LogP contribution in [0.15, 0.2) is 75.9 Å². The van der Waals surface area contributed by atoms with Crippen LogP contribution in [0.3, 0.4) is 0 Å². The number of aromatic nitrogens is 3. The number of amides is 1. The number of methoxy groups -OCH3 is 3. The second-order valence-corrected chi connectivity index (χ2v) is 23.3. The second-order valence-electron chi connectivity index (χ2n) is 23.3. The van der Waals surface area contributed by atoms with Crippen molar-refractivity contribution >= 4 is 29.2 Å². The number of esters is 1. The first-order valence-electron chi connectivity index (χ1n) is 28.0. The van der Waals surface area contributed by atoms with E-state index in [4.69, 9.17) is 23.7 Å². The SMILES string of the molecule is CO[C@H]1C[C@@H]2CC[C@@H](C)[C@@](O)(O2)C(=O)C(=O)N2CCCC[C@H]2C(=O)O[C@H]([C@H](C)C[C@@H]2CC[C@@H](O)[C@H](OC)C2)CC(=O)[C@H](C)C=C(C)[C@@H](O)[C@@H](OC)C(=O)[C@H](C)C[C@H](C)C=CC2C=CC1(C)n1c(=O)n(-c3ccccc3)c(=O)n12. The van der Waals surface area contributed by atoms with Gasteiger partial charge in [0.25, 0.3) is 11.7 Å². The van der Waals surface area contributed by atoms with E-state index in [0.29, 0.717) is 62.6 Å². The van der Waals surface area contributed by atoms with E-state index in [9.17, 15) is 48.9 Å². The molecule has 0 radical (unpaired) electrons. The van der Waals surface area contributed by atoms with Gasteiger partial charge in [0.15, 0.2) is 5.78 Å². The van der Waals surface area contributed by atoms with Crippen LogP contribution in [0.4, 0.5) is 0 Å². The van der Waals surface area contributed by atoms with Gasteiger partial charge < -0.3 is 43.9 Å². The van der Waals surface area contributed by atoms with Crippen LogP contribution < -0.4 is 11.4 Å². The van der Waals surface area contributed by atoms with Gasteiger partial charge in [-0.1, -0.05) is 83.2 Å². The molecule has 430 valence electrons. The summed E-state index contributed by atoms with van der Waals surface area (Å²) in [6.45, 7) is 12.2. The Kier molecular flexibility index (Phi) is 19.8. The quantitative estimate of drug-likeness (QED) is 0.181. The first kappa shape index (κ1) is 60.5. The van der Waals surface area contributed by atoms with Crippen molar-refractivity contribution in [3.63, 3.8) is 0 Å². The Hall–Kier alpha value is -5.15. The molecule has 6 aliphatic rings. The van der Waals surface area contributed by atoms with Crippen molar-refractivity contribution in [2.75, 3.05) is 27.9 Å². The minimum atomic E-state index is -2.62. The van der Waals surface area contributed by atoms with Crippen LogP contribution in [0.25, 0.3) is 5.69 Å². The highest BCUT2D eigenvalue weighted by Crippen LogP contribution is 2.40. The number of aliphatic hydroxyl groups excluding tert-OH is 2. The third kappa shape index (κ3) is 12.6. The van der Waals surface area contributed by atoms with Crippen LogP contribution in [0.1, 0.15) is 132 Å². The molecule has 8 rings (SSSR count). The normalized spacial score (nSPS) is 36.7. The summed E-state index contributed by atoms with van der Waals surface area (Å²) in [5.74, 6) is -9.29. The molecule has 3 N–H and O–H groups in total. The van der Waals surface area contributed by atoms with Crippen molar-refractivity contribution in [1.29, 1.82) is 0 Å². The van der Waals surface area contributed by atoms with Crippen LogP contribution in [0.2, 0.25) is 0 Å². The summed E-state index contributed by atoms with van der Waals surface area (Å²) in [5.41, 5.74) is -1.97. The lowest BCUT2D eigenvalue weighted by Gasteiger charge is -2.45. The molecule has 4 bridgehead atoms. The zero-order valence-electron chi connectivity index (χ0n) is 47.2. The lowest BCUT2D eigenvalue weighted by Crippen LogP contribution is -2.61. The smallest absolute Gasteiger partial charge is 0.352 e. The van der Waals surface area contributed by atoms with Gasteiger partial charge in [-0.15, -0.1) is 0 Å². The fourth-order valence-electron chi connectivity index (χ4n) is 12.7. The Labute approximate surface area is 457 Å². The number of allylic oxidation sites excluding steroid dienone is 4. The molecule has 5 aliphatic heterocycles. The van der Waals surface area contributed by atoms with Gasteiger partial charge in [-0.2, -0.15) is 0 Å².